The normalized spacial score (nSPS) is 23.2. The number of hydrogen-bond acceptors (Lipinski definition) is 6. The van der Waals surface area contributed by atoms with Gasteiger partial charge in [0.25, 0.3) is 5.91 Å². The maximum absolute atomic E-state index is 12.4. The lowest BCUT2D eigenvalue weighted by molar-refractivity contribution is 0.0718. The number of rotatable bonds is 4. The third-order valence-corrected chi connectivity index (χ3v) is 6.54. The maximum atomic E-state index is 12.4. The van der Waals surface area contributed by atoms with Crippen molar-refractivity contribution in [2.24, 2.45) is 0 Å². The fraction of sp³-hybridized carbons (Fsp3) is 0.688. The number of amides is 1. The number of likely N-dealkylation sites (tertiary alicyclic amines) is 1. The molecule has 3 heterocycles. The van der Waals surface area contributed by atoms with Gasteiger partial charge in [0.2, 0.25) is 0 Å². The summed E-state index contributed by atoms with van der Waals surface area (Å²) in [7, 11) is -2.95. The summed E-state index contributed by atoms with van der Waals surface area (Å²) in [6, 6.07) is -0.0575. The number of sulfone groups is 1. The summed E-state index contributed by atoms with van der Waals surface area (Å²) >= 11 is 0. The molecule has 1 unspecified atom stereocenters. The van der Waals surface area contributed by atoms with E-state index < -0.39 is 9.84 Å². The Bertz CT molecular complexity index is 684. The van der Waals surface area contributed by atoms with Crippen LogP contribution in [-0.4, -0.2) is 66.4 Å². The molecule has 7 nitrogen and oxygen atoms in total. The fourth-order valence-corrected chi connectivity index (χ4v) is 5.20. The van der Waals surface area contributed by atoms with E-state index in [2.05, 4.69) is 9.97 Å². The first-order chi connectivity index (χ1) is 11.5. The number of anilines is 1. The second-order valence-corrected chi connectivity index (χ2v) is 8.68. The summed E-state index contributed by atoms with van der Waals surface area (Å²) in [4.78, 5) is 24.9. The monoisotopic (exact) mass is 352 g/mol. The Morgan fingerprint density at radius 2 is 2.00 bits per heavy atom. The number of carbonyl (C=O) groups excluding carboxylic acids is 1. The molecule has 2 saturated heterocycles. The highest BCUT2D eigenvalue weighted by molar-refractivity contribution is 7.91. The van der Waals surface area contributed by atoms with E-state index in [1.807, 2.05) is 16.7 Å². The molecule has 0 N–H and O–H groups in total. The molecule has 0 radical (unpaired) electrons. The average Bonchev–Trinajstić information content (AvgIpc) is 2.96. The largest absolute Gasteiger partial charge is 0.352 e. The molecule has 0 aromatic carbocycles. The number of hydrogen-bond donors (Lipinski definition) is 0. The molecule has 2 aliphatic heterocycles. The van der Waals surface area contributed by atoms with Gasteiger partial charge in [-0.2, -0.15) is 0 Å². The molecule has 2 fully saturated rings. The van der Waals surface area contributed by atoms with Gasteiger partial charge in [0.1, 0.15) is 11.5 Å². The number of aromatic nitrogens is 2. The van der Waals surface area contributed by atoms with Crippen LogP contribution < -0.4 is 4.90 Å². The zero-order valence-corrected chi connectivity index (χ0v) is 14.8. The van der Waals surface area contributed by atoms with E-state index in [9.17, 15) is 13.2 Å². The van der Waals surface area contributed by atoms with Crippen molar-refractivity contribution in [1.82, 2.24) is 14.9 Å². The quantitative estimate of drug-likeness (QED) is 0.807. The maximum Gasteiger partial charge on any atom is 0.274 e. The highest BCUT2D eigenvalue weighted by Crippen LogP contribution is 2.22. The summed E-state index contributed by atoms with van der Waals surface area (Å²) in [5.41, 5.74) is 0.357. The Kier molecular flexibility index (Phi) is 5.03. The van der Waals surface area contributed by atoms with Gasteiger partial charge in [-0.3, -0.25) is 4.79 Å². The smallest absolute Gasteiger partial charge is 0.274 e. The SMILES string of the molecule is CCN(c1cnc(C(=O)N2CCCCC2)cn1)C1CCS(=O)(=O)C1. The predicted molar refractivity (Wildman–Crippen MR) is 91.9 cm³/mol. The van der Waals surface area contributed by atoms with Crippen molar-refractivity contribution in [2.45, 2.75) is 38.6 Å². The van der Waals surface area contributed by atoms with Gasteiger partial charge < -0.3 is 9.80 Å². The molecule has 1 amide bonds. The lowest BCUT2D eigenvalue weighted by Crippen LogP contribution is -2.38. The van der Waals surface area contributed by atoms with E-state index >= 15 is 0 Å². The van der Waals surface area contributed by atoms with Crippen molar-refractivity contribution in [3.05, 3.63) is 18.1 Å². The minimum absolute atomic E-state index is 0.0575. The number of nitrogens with zero attached hydrogens (tertiary/aromatic N) is 4. The summed E-state index contributed by atoms with van der Waals surface area (Å²) in [5.74, 6) is 0.958. The standard InChI is InChI=1S/C16H24N4O3S/c1-2-20(13-6-9-24(22,23)12-13)15-11-17-14(10-18-15)16(21)19-7-4-3-5-8-19/h10-11,13H,2-9,12H2,1H3. The van der Waals surface area contributed by atoms with Crippen molar-refractivity contribution in [3.63, 3.8) is 0 Å². The topological polar surface area (TPSA) is 83.5 Å². The second-order valence-electron chi connectivity index (χ2n) is 6.46. The Morgan fingerprint density at radius 1 is 1.25 bits per heavy atom. The fourth-order valence-electron chi connectivity index (χ4n) is 3.47. The molecular formula is C16H24N4O3S. The Morgan fingerprint density at radius 3 is 2.54 bits per heavy atom. The van der Waals surface area contributed by atoms with Gasteiger partial charge in [-0.1, -0.05) is 0 Å². The van der Waals surface area contributed by atoms with Crippen LogP contribution in [0.1, 0.15) is 43.1 Å². The van der Waals surface area contributed by atoms with Crippen LogP contribution in [0.2, 0.25) is 0 Å². The van der Waals surface area contributed by atoms with Crippen LogP contribution in [0.15, 0.2) is 12.4 Å². The lowest BCUT2D eigenvalue weighted by Gasteiger charge is -2.28. The first-order valence-electron chi connectivity index (χ1n) is 8.58. The van der Waals surface area contributed by atoms with Crippen molar-refractivity contribution in [3.8, 4) is 0 Å². The van der Waals surface area contributed by atoms with E-state index in [0.717, 1.165) is 25.9 Å². The Balaban J connectivity index is 1.72. The van der Waals surface area contributed by atoms with Gasteiger partial charge >= 0.3 is 0 Å². The molecule has 0 aliphatic carbocycles. The van der Waals surface area contributed by atoms with Crippen molar-refractivity contribution in [2.75, 3.05) is 36.0 Å². The molecule has 2 aliphatic rings. The first-order valence-corrected chi connectivity index (χ1v) is 10.4. The second kappa shape index (κ2) is 7.04. The zero-order chi connectivity index (χ0) is 17.2. The first kappa shape index (κ1) is 17.1. The van der Waals surface area contributed by atoms with E-state index in [-0.39, 0.29) is 23.5 Å². The van der Waals surface area contributed by atoms with E-state index in [1.165, 1.54) is 12.6 Å². The molecule has 8 heteroatoms. The molecule has 24 heavy (non-hydrogen) atoms. The van der Waals surface area contributed by atoms with Crippen LogP contribution in [-0.2, 0) is 9.84 Å². The van der Waals surface area contributed by atoms with Gasteiger partial charge in [-0.25, -0.2) is 18.4 Å². The van der Waals surface area contributed by atoms with Gasteiger partial charge in [0.15, 0.2) is 9.84 Å². The Hall–Kier alpha value is -1.70. The highest BCUT2D eigenvalue weighted by Gasteiger charge is 2.32. The van der Waals surface area contributed by atoms with Crippen molar-refractivity contribution in [1.29, 1.82) is 0 Å². The number of carbonyl (C=O) groups is 1. The molecule has 132 valence electrons. The molecule has 1 aromatic rings. The molecule has 3 rings (SSSR count). The van der Waals surface area contributed by atoms with Gasteiger partial charge in [-0.15, -0.1) is 0 Å². The number of piperidine rings is 1. The van der Waals surface area contributed by atoms with Crippen LogP contribution in [0.4, 0.5) is 5.82 Å². The highest BCUT2D eigenvalue weighted by atomic mass is 32.2. The van der Waals surface area contributed by atoms with E-state index in [0.29, 0.717) is 24.5 Å². The van der Waals surface area contributed by atoms with Gasteiger partial charge in [0, 0.05) is 25.7 Å². The molecule has 0 bridgehead atoms. The van der Waals surface area contributed by atoms with Crippen LogP contribution in [0.5, 0.6) is 0 Å². The molecule has 0 saturated carbocycles. The van der Waals surface area contributed by atoms with Gasteiger partial charge in [0.05, 0.1) is 23.9 Å². The zero-order valence-electron chi connectivity index (χ0n) is 14.0. The minimum atomic E-state index is -2.95. The lowest BCUT2D eigenvalue weighted by atomic mass is 10.1. The minimum Gasteiger partial charge on any atom is -0.352 e. The van der Waals surface area contributed by atoms with Gasteiger partial charge in [-0.05, 0) is 32.6 Å². The van der Waals surface area contributed by atoms with E-state index in [4.69, 9.17) is 0 Å². The third kappa shape index (κ3) is 3.68. The molecular weight excluding hydrogens is 328 g/mol. The Labute approximate surface area is 143 Å². The summed E-state index contributed by atoms with van der Waals surface area (Å²) < 4.78 is 23.4. The van der Waals surface area contributed by atoms with Crippen molar-refractivity contribution < 1.29 is 13.2 Å². The van der Waals surface area contributed by atoms with Crippen LogP contribution in [0.3, 0.4) is 0 Å². The summed E-state index contributed by atoms with van der Waals surface area (Å²) in [5, 5.41) is 0. The van der Waals surface area contributed by atoms with Crippen molar-refractivity contribution >= 4 is 21.6 Å². The summed E-state index contributed by atoms with van der Waals surface area (Å²) in [6.45, 7) is 4.19. The van der Waals surface area contributed by atoms with Crippen LogP contribution in [0.25, 0.3) is 0 Å². The van der Waals surface area contributed by atoms with Crippen LogP contribution in [0, 0.1) is 0 Å². The average molecular weight is 352 g/mol. The molecule has 1 aromatic heterocycles. The third-order valence-electron chi connectivity index (χ3n) is 4.78. The summed E-state index contributed by atoms with van der Waals surface area (Å²) in [6.07, 6.45) is 6.97. The predicted octanol–water partition coefficient (Wildman–Crippen LogP) is 1.12. The van der Waals surface area contributed by atoms with Crippen LogP contribution >= 0.6 is 0 Å². The molecule has 0 spiro atoms. The van der Waals surface area contributed by atoms with E-state index in [1.54, 1.807) is 6.20 Å². The molecule has 1 atom stereocenters.